The van der Waals surface area contributed by atoms with Gasteiger partial charge >= 0.3 is 5.97 Å². The van der Waals surface area contributed by atoms with Crippen molar-refractivity contribution < 1.29 is 19.8 Å². The molecule has 0 bridgehead atoms. The summed E-state index contributed by atoms with van der Waals surface area (Å²) >= 11 is 9.08. The average molecular weight is 396 g/mol. The lowest BCUT2D eigenvalue weighted by molar-refractivity contribution is -0.136. The Morgan fingerprint density at radius 3 is 2.76 bits per heavy atom. The number of hydrogen-bond donors (Lipinski definition) is 2. The molecule has 130 valence electrons. The Balaban J connectivity index is 2.17. The molecule has 0 spiro atoms. The van der Waals surface area contributed by atoms with Crippen molar-refractivity contribution in [3.63, 3.8) is 0 Å². The normalized spacial score (nSPS) is 17.2. The topological polar surface area (TPSA) is 87.0 Å². The summed E-state index contributed by atoms with van der Waals surface area (Å²) in [5, 5.41) is 21.5. The minimum Gasteiger partial charge on any atom is -0.506 e. The number of allylic oxidation sites excluding steroid dienone is 4. The predicted octanol–water partition coefficient (Wildman–Crippen LogP) is 4.56. The minimum absolute atomic E-state index is 0.0357. The van der Waals surface area contributed by atoms with E-state index >= 15 is 0 Å². The molecule has 8 heteroatoms. The number of aliphatic carboxylic acids is 1. The molecule has 0 radical (unpaired) electrons. The average Bonchev–Trinajstić information content (AvgIpc) is 3.14. The van der Waals surface area contributed by atoms with Crippen molar-refractivity contribution in [2.75, 3.05) is 6.26 Å². The molecule has 1 aliphatic heterocycles. The highest BCUT2D eigenvalue weighted by Gasteiger charge is 2.36. The maximum absolute atomic E-state index is 13.0. The first-order valence-corrected chi connectivity index (χ1v) is 9.81. The fourth-order valence-electron chi connectivity index (χ4n) is 2.86. The molecule has 2 aliphatic rings. The highest BCUT2D eigenvalue weighted by atomic mass is 35.5. The van der Waals surface area contributed by atoms with Gasteiger partial charge in [-0.2, -0.15) is 0 Å². The number of thiophene rings is 1. The number of aliphatic imine (C=N–C) groups is 1. The first kappa shape index (κ1) is 18.0. The number of nitrogens with zero attached hydrogens (tertiary/aromatic N) is 1. The molecule has 1 aliphatic carbocycles. The highest BCUT2D eigenvalue weighted by Crippen LogP contribution is 2.41. The third kappa shape index (κ3) is 3.19. The molecular formula is C17H14ClNO4S2. The van der Waals surface area contributed by atoms with Crippen LogP contribution in [0.2, 0.25) is 0 Å². The van der Waals surface area contributed by atoms with Crippen LogP contribution in [0.3, 0.4) is 0 Å². The van der Waals surface area contributed by atoms with Crippen LogP contribution < -0.4 is 0 Å². The summed E-state index contributed by atoms with van der Waals surface area (Å²) in [5.41, 5.74) is 2.39. The Morgan fingerprint density at radius 2 is 2.16 bits per heavy atom. The fraction of sp³-hybridized carbons (Fsp3) is 0.235. The van der Waals surface area contributed by atoms with Crippen LogP contribution in [-0.2, 0) is 4.79 Å². The quantitative estimate of drug-likeness (QED) is 0.563. The molecule has 0 saturated carbocycles. The van der Waals surface area contributed by atoms with E-state index in [1.165, 1.54) is 23.1 Å². The number of carboxylic acid groups (broad SMARTS) is 1. The number of aliphatic hydroxyl groups is 1. The number of carbonyl (C=O) groups is 2. The smallest absolute Gasteiger partial charge is 0.307 e. The van der Waals surface area contributed by atoms with E-state index in [0.29, 0.717) is 28.1 Å². The van der Waals surface area contributed by atoms with Gasteiger partial charge in [0.05, 0.1) is 26.9 Å². The van der Waals surface area contributed by atoms with Gasteiger partial charge < -0.3 is 10.2 Å². The van der Waals surface area contributed by atoms with Crippen LogP contribution in [0.4, 0.5) is 0 Å². The number of Topliss-reactive ketones (excluding diaryl/α,β-unsaturated/α-hetero) is 1. The molecule has 0 aromatic carbocycles. The maximum atomic E-state index is 13.0. The van der Waals surface area contributed by atoms with Gasteiger partial charge in [0, 0.05) is 28.6 Å². The standard InChI is InChI=1S/C17H14ClNO4S2/c1-7-9(4-12(20)21)14-11(19-7)5-10(18)17(23)15(14)16(22)8-3-13(24-2)25-6-8/h3,6,23H,4-5H2,1-2H3,(H,20,21). The number of hydrogen-bond acceptors (Lipinski definition) is 6. The van der Waals surface area contributed by atoms with Crippen molar-refractivity contribution in [1.29, 1.82) is 0 Å². The second-order valence-corrected chi connectivity index (χ2v) is 8.03. The Morgan fingerprint density at radius 1 is 1.44 bits per heavy atom. The number of ketones is 1. The zero-order valence-electron chi connectivity index (χ0n) is 13.4. The summed E-state index contributed by atoms with van der Waals surface area (Å²) in [4.78, 5) is 28.6. The SMILES string of the molecule is CSc1cc(C(=O)C2=C3C(=NC(C)=C3CC(=O)O)CC(Cl)=C2O)cs1. The lowest BCUT2D eigenvalue weighted by Crippen LogP contribution is -2.19. The van der Waals surface area contributed by atoms with Crippen molar-refractivity contribution >= 4 is 52.2 Å². The van der Waals surface area contributed by atoms with Gasteiger partial charge in [-0.1, -0.05) is 11.6 Å². The molecular weight excluding hydrogens is 382 g/mol. The molecule has 1 aromatic heterocycles. The lowest BCUT2D eigenvalue weighted by atomic mass is 9.85. The van der Waals surface area contributed by atoms with Crippen molar-refractivity contribution in [3.8, 4) is 0 Å². The summed E-state index contributed by atoms with van der Waals surface area (Å²) in [5.74, 6) is -1.70. The molecule has 0 unspecified atom stereocenters. The summed E-state index contributed by atoms with van der Waals surface area (Å²) in [6.07, 6.45) is 1.82. The van der Waals surface area contributed by atoms with Crippen molar-refractivity contribution in [1.82, 2.24) is 0 Å². The van der Waals surface area contributed by atoms with E-state index in [4.69, 9.17) is 11.6 Å². The number of halogens is 1. The van der Waals surface area contributed by atoms with Gasteiger partial charge in [0.2, 0.25) is 0 Å². The monoisotopic (exact) mass is 395 g/mol. The van der Waals surface area contributed by atoms with E-state index in [2.05, 4.69) is 4.99 Å². The van der Waals surface area contributed by atoms with Gasteiger partial charge in [0.1, 0.15) is 5.76 Å². The number of carbonyl (C=O) groups excluding carboxylic acids is 1. The molecule has 0 amide bonds. The molecule has 5 nitrogen and oxygen atoms in total. The zero-order valence-corrected chi connectivity index (χ0v) is 15.8. The summed E-state index contributed by atoms with van der Waals surface area (Å²) in [6.45, 7) is 1.69. The lowest BCUT2D eigenvalue weighted by Gasteiger charge is -2.19. The number of rotatable bonds is 5. The predicted molar refractivity (Wildman–Crippen MR) is 100.0 cm³/mol. The van der Waals surface area contributed by atoms with Crippen LogP contribution in [0, 0.1) is 0 Å². The number of thioether (sulfide) groups is 1. The number of carboxylic acids is 1. The highest BCUT2D eigenvalue weighted by molar-refractivity contribution is 8.00. The van der Waals surface area contributed by atoms with Gasteiger partial charge in [-0.05, 0) is 24.8 Å². The van der Waals surface area contributed by atoms with Crippen LogP contribution in [0.5, 0.6) is 0 Å². The molecule has 0 fully saturated rings. The molecule has 25 heavy (non-hydrogen) atoms. The Bertz CT molecular complexity index is 921. The van der Waals surface area contributed by atoms with Crippen LogP contribution in [0.15, 0.2) is 53.9 Å². The summed E-state index contributed by atoms with van der Waals surface area (Å²) < 4.78 is 0.970. The number of aliphatic hydroxyl groups excluding tert-OH is 1. The van der Waals surface area contributed by atoms with Crippen LogP contribution >= 0.6 is 34.7 Å². The van der Waals surface area contributed by atoms with Crippen LogP contribution in [-0.4, -0.2) is 33.9 Å². The van der Waals surface area contributed by atoms with Gasteiger partial charge in [0.15, 0.2) is 5.78 Å². The van der Waals surface area contributed by atoms with Crippen molar-refractivity contribution in [2.45, 2.75) is 24.0 Å². The Hall–Kier alpha value is -1.83. The van der Waals surface area contributed by atoms with Crippen LogP contribution in [0.1, 0.15) is 30.1 Å². The van der Waals surface area contributed by atoms with E-state index in [9.17, 15) is 19.8 Å². The summed E-state index contributed by atoms with van der Waals surface area (Å²) in [7, 11) is 0. The van der Waals surface area contributed by atoms with Gasteiger partial charge in [-0.25, -0.2) is 0 Å². The minimum atomic E-state index is -1.02. The Labute approximate surface area is 157 Å². The van der Waals surface area contributed by atoms with E-state index in [-0.39, 0.29) is 35.0 Å². The van der Waals surface area contributed by atoms with E-state index in [1.54, 1.807) is 18.4 Å². The first-order chi connectivity index (χ1) is 11.8. The second kappa shape index (κ2) is 6.82. The molecule has 1 aromatic rings. The molecule has 0 atom stereocenters. The molecule has 3 rings (SSSR count). The number of fused-ring (bicyclic) bond motifs is 1. The molecule has 2 N–H and O–H groups in total. The van der Waals surface area contributed by atoms with Crippen molar-refractivity contribution in [2.24, 2.45) is 4.99 Å². The first-order valence-electron chi connectivity index (χ1n) is 7.32. The zero-order chi connectivity index (χ0) is 18.3. The molecule has 0 saturated heterocycles. The molecule has 2 heterocycles. The maximum Gasteiger partial charge on any atom is 0.307 e. The summed E-state index contributed by atoms with van der Waals surface area (Å²) in [6, 6.07) is 1.75. The van der Waals surface area contributed by atoms with Crippen LogP contribution in [0.25, 0.3) is 0 Å². The van der Waals surface area contributed by atoms with Gasteiger partial charge in [-0.3, -0.25) is 14.6 Å². The van der Waals surface area contributed by atoms with E-state index < -0.39 is 5.97 Å². The van der Waals surface area contributed by atoms with Crippen molar-refractivity contribution in [3.05, 3.63) is 50.2 Å². The Kier molecular flexibility index (Phi) is 4.90. The largest absolute Gasteiger partial charge is 0.506 e. The van der Waals surface area contributed by atoms with E-state index in [0.717, 1.165) is 4.21 Å². The van der Waals surface area contributed by atoms with Gasteiger partial charge in [-0.15, -0.1) is 23.1 Å². The second-order valence-electron chi connectivity index (χ2n) is 5.56. The third-order valence-corrected chi connectivity index (χ3v) is 6.33. The van der Waals surface area contributed by atoms with Gasteiger partial charge in [0.25, 0.3) is 0 Å². The third-order valence-electron chi connectivity index (χ3n) is 3.99. The van der Waals surface area contributed by atoms with E-state index in [1.807, 2.05) is 6.26 Å². The fourth-order valence-corrected chi connectivity index (χ4v) is 4.47.